The Labute approximate surface area is 174 Å². The Morgan fingerprint density at radius 1 is 0.966 bits per heavy atom. The second-order valence-corrected chi connectivity index (χ2v) is 7.24. The van der Waals surface area contributed by atoms with Crippen LogP contribution in [0.3, 0.4) is 0 Å². The van der Waals surface area contributed by atoms with Gasteiger partial charge < -0.3 is 24.7 Å². The van der Waals surface area contributed by atoms with Crippen LogP contribution in [0.25, 0.3) is 0 Å². The summed E-state index contributed by atoms with van der Waals surface area (Å²) in [6.45, 7) is 3.56. The van der Waals surface area contributed by atoms with Crippen LogP contribution in [-0.4, -0.2) is 43.3 Å². The number of aryl methyl sites for hydroxylation is 1. The zero-order valence-corrected chi connectivity index (χ0v) is 17.3. The summed E-state index contributed by atoms with van der Waals surface area (Å²) in [5.41, 5.74) is 1.29. The number of carbonyl (C=O) groups is 1. The highest BCUT2D eigenvalue weighted by Crippen LogP contribution is 2.14. The number of ketones is 1. The smallest absolute Gasteiger partial charge is 0.129 e. The number of hydrogen-bond donors (Lipinski definition) is 2. The Morgan fingerprint density at radius 3 is 2.41 bits per heavy atom. The lowest BCUT2D eigenvalue weighted by Crippen LogP contribution is -2.33. The fourth-order valence-electron chi connectivity index (χ4n) is 2.91. The van der Waals surface area contributed by atoms with E-state index in [1.807, 2.05) is 42.5 Å². The van der Waals surface area contributed by atoms with Crippen molar-refractivity contribution in [3.05, 3.63) is 60.2 Å². The minimum absolute atomic E-state index is 0.258. The van der Waals surface area contributed by atoms with Crippen LogP contribution in [0.4, 0.5) is 0 Å². The Bertz CT molecular complexity index is 688. The summed E-state index contributed by atoms with van der Waals surface area (Å²) >= 11 is 0. The molecule has 0 aromatic heterocycles. The van der Waals surface area contributed by atoms with Crippen molar-refractivity contribution in [1.82, 2.24) is 5.32 Å². The molecule has 0 aliphatic heterocycles. The van der Waals surface area contributed by atoms with Crippen LogP contribution < -0.4 is 14.8 Å². The summed E-state index contributed by atoms with van der Waals surface area (Å²) in [6, 6.07) is 17.7. The molecule has 0 heterocycles. The molecule has 2 N–H and O–H groups in total. The second kappa shape index (κ2) is 13.7. The minimum atomic E-state index is -0.565. The highest BCUT2D eigenvalue weighted by atomic mass is 16.5. The number of para-hydroxylation sites is 1. The van der Waals surface area contributed by atoms with Gasteiger partial charge in [0.05, 0.1) is 0 Å². The monoisotopic (exact) mass is 399 g/mol. The summed E-state index contributed by atoms with van der Waals surface area (Å²) < 4.78 is 11.2. The first-order chi connectivity index (χ1) is 14.1. The Balaban J connectivity index is 1.51. The molecule has 2 aromatic rings. The number of benzene rings is 2. The second-order valence-electron chi connectivity index (χ2n) is 7.24. The summed E-state index contributed by atoms with van der Waals surface area (Å²) in [4.78, 5) is 10.9. The number of hydrogen-bond acceptors (Lipinski definition) is 5. The average molecular weight is 400 g/mol. The fraction of sp³-hybridized carbons (Fsp3) is 0.458. The van der Waals surface area contributed by atoms with Crippen molar-refractivity contribution in [3.8, 4) is 11.5 Å². The Hall–Kier alpha value is -2.37. The van der Waals surface area contributed by atoms with E-state index in [0.29, 0.717) is 26.1 Å². The predicted molar refractivity (Wildman–Crippen MR) is 116 cm³/mol. The first-order valence-electron chi connectivity index (χ1n) is 10.4. The molecule has 0 fully saturated rings. The highest BCUT2D eigenvalue weighted by molar-refractivity contribution is 5.75. The van der Waals surface area contributed by atoms with E-state index in [9.17, 15) is 9.90 Å². The molecule has 0 spiro atoms. The molecule has 5 heteroatoms. The van der Waals surface area contributed by atoms with Crippen LogP contribution in [0.2, 0.25) is 0 Å². The van der Waals surface area contributed by atoms with Gasteiger partial charge in [0.15, 0.2) is 0 Å². The van der Waals surface area contributed by atoms with Gasteiger partial charge in [0.2, 0.25) is 0 Å². The van der Waals surface area contributed by atoms with Gasteiger partial charge in [-0.2, -0.15) is 0 Å². The van der Waals surface area contributed by atoms with Crippen LogP contribution in [-0.2, 0) is 11.2 Å². The van der Waals surface area contributed by atoms with Crippen LogP contribution in [0, 0.1) is 0 Å². The van der Waals surface area contributed by atoms with Gasteiger partial charge in [-0.15, -0.1) is 0 Å². The summed E-state index contributed by atoms with van der Waals surface area (Å²) in [5, 5.41) is 13.1. The van der Waals surface area contributed by atoms with Gasteiger partial charge in [-0.1, -0.05) is 36.8 Å². The number of rotatable bonds is 15. The Kier molecular flexibility index (Phi) is 10.9. The molecule has 0 bridgehead atoms. The van der Waals surface area contributed by atoms with E-state index in [1.165, 1.54) is 5.56 Å². The van der Waals surface area contributed by atoms with E-state index in [2.05, 4.69) is 17.4 Å². The molecular weight excluding hydrogens is 366 g/mol. The average Bonchev–Trinajstić information content (AvgIpc) is 2.73. The minimum Gasteiger partial charge on any atom is -0.492 e. The molecule has 0 radical (unpaired) electrons. The normalized spacial score (nSPS) is 11.8. The standard InChI is InChI=1S/C24H33NO4/c1-20(26)8-4-2-5-9-21-12-14-24(15-13-21)28-17-16-25-18-22(27)19-29-23-10-6-3-7-11-23/h3,6-7,10-15,22,25,27H,2,4-5,8-9,16-19H2,1H3. The van der Waals surface area contributed by atoms with E-state index in [4.69, 9.17) is 9.47 Å². The van der Waals surface area contributed by atoms with E-state index in [-0.39, 0.29) is 12.4 Å². The van der Waals surface area contributed by atoms with Gasteiger partial charge in [-0.05, 0) is 56.0 Å². The lowest BCUT2D eigenvalue weighted by molar-refractivity contribution is -0.117. The van der Waals surface area contributed by atoms with Crippen LogP contribution in [0.5, 0.6) is 11.5 Å². The third-order valence-corrected chi connectivity index (χ3v) is 4.53. The first-order valence-corrected chi connectivity index (χ1v) is 10.4. The lowest BCUT2D eigenvalue weighted by atomic mass is 10.1. The molecule has 158 valence electrons. The van der Waals surface area contributed by atoms with Crippen molar-refractivity contribution >= 4 is 5.78 Å². The van der Waals surface area contributed by atoms with Gasteiger partial charge in [-0.3, -0.25) is 0 Å². The molecule has 5 nitrogen and oxygen atoms in total. The first kappa shape index (κ1) is 22.9. The van der Waals surface area contributed by atoms with E-state index < -0.39 is 6.10 Å². The molecule has 1 unspecified atom stereocenters. The third-order valence-electron chi connectivity index (χ3n) is 4.53. The number of aliphatic hydroxyl groups excluding tert-OH is 1. The summed E-state index contributed by atoms with van der Waals surface area (Å²) in [7, 11) is 0. The molecule has 2 rings (SSSR count). The van der Waals surface area contributed by atoms with E-state index in [0.717, 1.165) is 37.2 Å². The van der Waals surface area contributed by atoms with Gasteiger partial charge in [-0.25, -0.2) is 0 Å². The molecule has 29 heavy (non-hydrogen) atoms. The quantitative estimate of drug-likeness (QED) is 0.446. The molecule has 2 aromatic carbocycles. The van der Waals surface area contributed by atoms with Crippen LogP contribution in [0.15, 0.2) is 54.6 Å². The third kappa shape index (κ3) is 10.7. The summed E-state index contributed by atoms with van der Waals surface area (Å²) in [5.74, 6) is 1.88. The maximum atomic E-state index is 10.9. The van der Waals surface area contributed by atoms with Crippen molar-refractivity contribution < 1.29 is 19.4 Å². The summed E-state index contributed by atoms with van der Waals surface area (Å²) in [6.07, 6.45) is 4.33. The van der Waals surface area contributed by atoms with Gasteiger partial charge in [0.1, 0.15) is 36.6 Å². The van der Waals surface area contributed by atoms with Crippen molar-refractivity contribution in [1.29, 1.82) is 0 Å². The molecule has 0 saturated heterocycles. The number of nitrogens with one attached hydrogen (secondary N) is 1. The van der Waals surface area contributed by atoms with Crippen molar-refractivity contribution in [2.45, 2.75) is 45.1 Å². The molecule has 0 aliphatic carbocycles. The zero-order valence-electron chi connectivity index (χ0n) is 17.3. The van der Waals surface area contributed by atoms with Crippen molar-refractivity contribution in [2.24, 2.45) is 0 Å². The van der Waals surface area contributed by atoms with Crippen molar-refractivity contribution in [2.75, 3.05) is 26.3 Å². The van der Waals surface area contributed by atoms with Crippen molar-refractivity contribution in [3.63, 3.8) is 0 Å². The molecule has 1 atom stereocenters. The number of aliphatic hydroxyl groups is 1. The topological polar surface area (TPSA) is 67.8 Å². The molecule has 0 amide bonds. The molecule has 0 saturated carbocycles. The number of Topliss-reactive ketones (excluding diaryl/α,β-unsaturated/α-hetero) is 1. The van der Waals surface area contributed by atoms with E-state index >= 15 is 0 Å². The van der Waals surface area contributed by atoms with Gasteiger partial charge in [0, 0.05) is 19.5 Å². The van der Waals surface area contributed by atoms with E-state index in [1.54, 1.807) is 6.92 Å². The van der Waals surface area contributed by atoms with Crippen LogP contribution in [0.1, 0.15) is 38.2 Å². The number of ether oxygens (including phenoxy) is 2. The predicted octanol–water partition coefficient (Wildman–Crippen LogP) is 3.79. The molecular formula is C24H33NO4. The maximum Gasteiger partial charge on any atom is 0.129 e. The number of unbranched alkanes of at least 4 members (excludes halogenated alkanes) is 2. The van der Waals surface area contributed by atoms with Gasteiger partial charge in [0.25, 0.3) is 0 Å². The SMILES string of the molecule is CC(=O)CCCCCc1ccc(OCCNCC(O)COc2ccccc2)cc1. The van der Waals surface area contributed by atoms with Crippen LogP contribution >= 0.6 is 0 Å². The largest absolute Gasteiger partial charge is 0.492 e. The highest BCUT2D eigenvalue weighted by Gasteiger charge is 2.05. The zero-order chi connectivity index (χ0) is 20.7. The Morgan fingerprint density at radius 2 is 1.69 bits per heavy atom. The molecule has 0 aliphatic rings. The number of carbonyl (C=O) groups excluding carboxylic acids is 1. The van der Waals surface area contributed by atoms with Gasteiger partial charge >= 0.3 is 0 Å². The lowest BCUT2D eigenvalue weighted by Gasteiger charge is -2.13. The fourth-order valence-corrected chi connectivity index (χ4v) is 2.91. The maximum absolute atomic E-state index is 10.9.